The molecule has 1 aliphatic rings. The zero-order chi connectivity index (χ0) is 20.6. The van der Waals surface area contributed by atoms with Gasteiger partial charge < -0.3 is 9.84 Å². The summed E-state index contributed by atoms with van der Waals surface area (Å²) in [5.41, 5.74) is 2.61. The largest absolute Gasteiger partial charge is 0.481 e. The Morgan fingerprint density at radius 3 is 2.52 bits per heavy atom. The van der Waals surface area contributed by atoms with E-state index in [2.05, 4.69) is 11.8 Å². The SMILES string of the molecule is O=C(O)COc1ccc(Cl)cc1C#Cc1ccc2c(c1)S(O)(O)c1ccccc1-2. The number of carboxylic acid groups (broad SMARTS) is 1. The molecular formula is C22H15ClO5S. The first-order chi connectivity index (χ1) is 13.9. The highest BCUT2D eigenvalue weighted by Crippen LogP contribution is 2.66. The number of hydrogen-bond acceptors (Lipinski definition) is 4. The van der Waals surface area contributed by atoms with E-state index in [-0.39, 0.29) is 0 Å². The number of hydrogen-bond donors (Lipinski definition) is 3. The third kappa shape index (κ3) is 3.69. The number of carbonyl (C=O) groups is 1. The van der Waals surface area contributed by atoms with Crippen molar-refractivity contribution >= 4 is 28.2 Å². The van der Waals surface area contributed by atoms with Crippen LogP contribution in [0.2, 0.25) is 5.02 Å². The average Bonchev–Trinajstić information content (AvgIpc) is 2.93. The van der Waals surface area contributed by atoms with Gasteiger partial charge >= 0.3 is 5.97 Å². The molecule has 5 nitrogen and oxygen atoms in total. The number of benzene rings is 3. The molecule has 7 heteroatoms. The first-order valence-electron chi connectivity index (χ1n) is 8.54. The van der Waals surface area contributed by atoms with Gasteiger partial charge in [-0.1, -0.05) is 47.7 Å². The van der Waals surface area contributed by atoms with Gasteiger partial charge in [0.25, 0.3) is 0 Å². The Hall–Kier alpha value is -2.95. The molecule has 4 rings (SSSR count). The Balaban J connectivity index is 1.71. The summed E-state index contributed by atoms with van der Waals surface area (Å²) in [4.78, 5) is 11.7. The zero-order valence-electron chi connectivity index (χ0n) is 14.9. The molecule has 29 heavy (non-hydrogen) atoms. The highest BCUT2D eigenvalue weighted by atomic mass is 35.5. The molecule has 0 saturated carbocycles. The minimum Gasteiger partial charge on any atom is -0.481 e. The first kappa shape index (κ1) is 19.4. The van der Waals surface area contributed by atoms with Gasteiger partial charge in [0, 0.05) is 21.7 Å². The summed E-state index contributed by atoms with van der Waals surface area (Å²) in [5, 5.41) is 9.25. The van der Waals surface area contributed by atoms with Gasteiger partial charge in [0.2, 0.25) is 0 Å². The third-order valence-electron chi connectivity index (χ3n) is 4.41. The highest BCUT2D eigenvalue weighted by Gasteiger charge is 2.32. The number of fused-ring (bicyclic) bond motifs is 3. The lowest BCUT2D eigenvalue weighted by Crippen LogP contribution is -2.10. The summed E-state index contributed by atoms with van der Waals surface area (Å²) in [7, 11) is -3.08. The van der Waals surface area contributed by atoms with Crippen LogP contribution >= 0.6 is 22.2 Å². The van der Waals surface area contributed by atoms with Crippen molar-refractivity contribution in [2.24, 2.45) is 0 Å². The van der Waals surface area contributed by atoms with Crippen molar-refractivity contribution < 1.29 is 23.7 Å². The van der Waals surface area contributed by atoms with Crippen molar-refractivity contribution in [1.29, 1.82) is 0 Å². The van der Waals surface area contributed by atoms with E-state index in [9.17, 15) is 13.9 Å². The number of aliphatic carboxylic acids is 1. The maximum absolute atomic E-state index is 10.8. The molecule has 0 bridgehead atoms. The topological polar surface area (TPSA) is 87.0 Å². The Kier molecular flexibility index (Phi) is 4.99. The summed E-state index contributed by atoms with van der Waals surface area (Å²) in [6.07, 6.45) is 0. The summed E-state index contributed by atoms with van der Waals surface area (Å²) in [5.74, 6) is 5.11. The monoisotopic (exact) mass is 426 g/mol. The van der Waals surface area contributed by atoms with E-state index in [1.165, 1.54) is 0 Å². The lowest BCUT2D eigenvalue weighted by molar-refractivity contribution is -0.139. The molecule has 0 amide bonds. The molecule has 0 spiro atoms. The van der Waals surface area contributed by atoms with E-state index in [1.807, 2.05) is 18.2 Å². The van der Waals surface area contributed by atoms with Gasteiger partial charge in [-0.05, 0) is 36.4 Å². The average molecular weight is 427 g/mol. The summed E-state index contributed by atoms with van der Waals surface area (Å²) in [6, 6.07) is 17.2. The zero-order valence-corrected chi connectivity index (χ0v) is 16.5. The van der Waals surface area contributed by atoms with Gasteiger partial charge in [0.15, 0.2) is 6.61 Å². The Labute approximate surface area is 173 Å². The van der Waals surface area contributed by atoms with Crippen molar-refractivity contribution in [3.63, 3.8) is 0 Å². The molecule has 0 aromatic heterocycles. The Morgan fingerprint density at radius 2 is 1.72 bits per heavy atom. The van der Waals surface area contributed by atoms with Crippen molar-refractivity contribution in [3.05, 3.63) is 76.8 Å². The first-order valence-corrected chi connectivity index (χ1v) is 10.5. The molecule has 3 N–H and O–H groups in total. The van der Waals surface area contributed by atoms with Gasteiger partial charge in [0.05, 0.1) is 15.4 Å². The lowest BCUT2D eigenvalue weighted by atomic mass is 10.0. The minimum atomic E-state index is -3.08. The van der Waals surface area contributed by atoms with Crippen LogP contribution in [0.3, 0.4) is 0 Å². The van der Waals surface area contributed by atoms with E-state index in [0.29, 0.717) is 31.7 Å². The number of halogens is 1. The molecule has 146 valence electrons. The molecule has 0 fully saturated rings. The number of ether oxygens (including phenoxy) is 1. The normalized spacial score (nSPS) is 14.2. The van der Waals surface area contributed by atoms with E-state index in [0.717, 1.165) is 11.1 Å². The summed E-state index contributed by atoms with van der Waals surface area (Å²) >= 11 is 6.02. The van der Waals surface area contributed by atoms with Crippen molar-refractivity contribution in [2.75, 3.05) is 6.61 Å². The van der Waals surface area contributed by atoms with Crippen LogP contribution in [0.5, 0.6) is 5.75 Å². The molecule has 3 aromatic rings. The maximum atomic E-state index is 10.8. The van der Waals surface area contributed by atoms with Crippen molar-refractivity contribution in [2.45, 2.75) is 9.79 Å². The number of carboxylic acids is 1. The van der Waals surface area contributed by atoms with Crippen LogP contribution < -0.4 is 4.74 Å². The molecule has 0 radical (unpaired) electrons. The van der Waals surface area contributed by atoms with E-state index in [1.54, 1.807) is 42.5 Å². The van der Waals surface area contributed by atoms with Gasteiger partial charge in [-0.2, -0.15) is 0 Å². The highest BCUT2D eigenvalue weighted by molar-refractivity contribution is 8.24. The van der Waals surface area contributed by atoms with E-state index < -0.39 is 23.2 Å². The smallest absolute Gasteiger partial charge is 0.341 e. The van der Waals surface area contributed by atoms with E-state index in [4.69, 9.17) is 21.4 Å². The van der Waals surface area contributed by atoms with Crippen LogP contribution in [-0.4, -0.2) is 26.8 Å². The molecule has 0 aliphatic carbocycles. The number of rotatable bonds is 3. The van der Waals surface area contributed by atoms with Crippen LogP contribution in [-0.2, 0) is 4.79 Å². The van der Waals surface area contributed by atoms with Gasteiger partial charge in [-0.15, -0.1) is 10.6 Å². The quantitative estimate of drug-likeness (QED) is 0.491. The Bertz CT molecular complexity index is 1190. The predicted molar refractivity (Wildman–Crippen MR) is 112 cm³/mol. The van der Waals surface area contributed by atoms with Crippen molar-refractivity contribution in [1.82, 2.24) is 0 Å². The minimum absolute atomic E-state index is 0.308. The fourth-order valence-corrected chi connectivity index (χ4v) is 5.06. The Morgan fingerprint density at radius 1 is 0.966 bits per heavy atom. The fraction of sp³-hybridized carbons (Fsp3) is 0.0455. The van der Waals surface area contributed by atoms with Crippen LogP contribution in [0.1, 0.15) is 11.1 Å². The molecule has 0 atom stereocenters. The van der Waals surface area contributed by atoms with Gasteiger partial charge in [-0.3, -0.25) is 9.11 Å². The second-order valence-electron chi connectivity index (χ2n) is 6.33. The van der Waals surface area contributed by atoms with Gasteiger partial charge in [-0.25, -0.2) is 4.79 Å². The molecule has 0 unspecified atom stereocenters. The fourth-order valence-electron chi connectivity index (χ4n) is 3.12. The standard InChI is InChI=1S/C22H15ClO5S/c23-16-8-10-19(28-13-22(24)25)15(12-16)7-5-14-6-9-18-17-3-1-2-4-20(17)29(26,27)21(18)11-14/h1-4,6,8-12,26-27H,13H2,(H,24,25). The second-order valence-corrected chi connectivity index (χ2v) is 8.74. The van der Waals surface area contributed by atoms with Crippen LogP contribution in [0, 0.1) is 11.8 Å². The summed E-state index contributed by atoms with van der Waals surface area (Å²) in [6.45, 7) is -0.492. The molecular weight excluding hydrogens is 412 g/mol. The molecule has 3 aromatic carbocycles. The van der Waals surface area contributed by atoms with Crippen molar-refractivity contribution in [3.8, 4) is 28.7 Å². The molecule has 0 saturated heterocycles. The third-order valence-corrected chi connectivity index (χ3v) is 6.56. The lowest BCUT2D eigenvalue weighted by Gasteiger charge is -2.28. The van der Waals surface area contributed by atoms with Crippen LogP contribution in [0.4, 0.5) is 0 Å². The molecule has 1 aliphatic heterocycles. The predicted octanol–water partition coefficient (Wildman–Crippen LogP) is 5.35. The maximum Gasteiger partial charge on any atom is 0.341 e. The second kappa shape index (κ2) is 7.47. The molecule has 1 heterocycles. The summed E-state index contributed by atoms with van der Waals surface area (Å²) < 4.78 is 26.7. The van der Waals surface area contributed by atoms with E-state index >= 15 is 0 Å². The van der Waals surface area contributed by atoms with Gasteiger partial charge in [0.1, 0.15) is 5.75 Å². The van der Waals surface area contributed by atoms with Crippen LogP contribution in [0.15, 0.2) is 70.5 Å². The van der Waals surface area contributed by atoms with Crippen LogP contribution in [0.25, 0.3) is 11.1 Å².